The first-order chi connectivity index (χ1) is 16.4. The average Bonchev–Trinajstić information content (AvgIpc) is 3.45. The van der Waals surface area contributed by atoms with Gasteiger partial charge >= 0.3 is 6.18 Å². The molecule has 0 spiro atoms. The topological polar surface area (TPSA) is 102 Å². The van der Waals surface area contributed by atoms with E-state index >= 15 is 0 Å². The van der Waals surface area contributed by atoms with Crippen molar-refractivity contribution in [2.75, 3.05) is 31.6 Å². The van der Waals surface area contributed by atoms with Gasteiger partial charge in [-0.3, -0.25) is 5.10 Å². The van der Waals surface area contributed by atoms with E-state index in [0.717, 1.165) is 47.7 Å². The molecular weight excluding hydrogens is 445 g/mol. The zero-order valence-corrected chi connectivity index (χ0v) is 18.4. The molecule has 4 N–H and O–H groups in total. The molecule has 7 nitrogen and oxygen atoms in total. The second kappa shape index (κ2) is 10.6. The van der Waals surface area contributed by atoms with Crippen LogP contribution in [-0.4, -0.2) is 41.5 Å². The van der Waals surface area contributed by atoms with Crippen LogP contribution in [0, 0.1) is 11.3 Å². The van der Waals surface area contributed by atoms with Gasteiger partial charge in [0.15, 0.2) is 0 Å². The average molecular weight is 470 g/mol. The van der Waals surface area contributed by atoms with Crippen LogP contribution in [-0.2, 0) is 17.5 Å². The van der Waals surface area contributed by atoms with Gasteiger partial charge in [0.2, 0.25) is 0 Å². The number of nitrogens with one attached hydrogen (secondary N) is 4. The number of benzene rings is 2. The van der Waals surface area contributed by atoms with Gasteiger partial charge in [-0.1, -0.05) is 0 Å². The number of aromatic amines is 2. The molecule has 0 saturated heterocycles. The number of aromatic nitrogens is 3. The maximum atomic E-state index is 12.8. The van der Waals surface area contributed by atoms with E-state index in [1.165, 1.54) is 12.1 Å². The highest BCUT2D eigenvalue weighted by molar-refractivity contribution is 5.92. The summed E-state index contributed by atoms with van der Waals surface area (Å²) in [5.41, 5.74) is 3.13. The molecule has 0 fully saturated rings. The second-order valence-electron chi connectivity index (χ2n) is 7.98. The Morgan fingerprint density at radius 3 is 2.74 bits per heavy atom. The van der Waals surface area contributed by atoms with Crippen LogP contribution in [0.1, 0.15) is 29.7 Å². The van der Waals surface area contributed by atoms with Gasteiger partial charge in [0.25, 0.3) is 0 Å². The Bertz CT molecular complexity index is 1290. The number of unbranched alkanes of at least 4 members (excludes halogenated alkanes) is 1. The highest BCUT2D eigenvalue weighted by atomic mass is 19.4. The molecule has 0 amide bonds. The zero-order valence-electron chi connectivity index (χ0n) is 18.4. The Labute approximate surface area is 194 Å². The number of hydrogen-bond donors (Lipinski definition) is 4. The third kappa shape index (κ3) is 5.87. The summed E-state index contributed by atoms with van der Waals surface area (Å²) in [5.74, 6) is 0. The van der Waals surface area contributed by atoms with Crippen LogP contribution in [0.4, 0.5) is 18.9 Å². The summed E-state index contributed by atoms with van der Waals surface area (Å²) in [6.07, 6.45) is -0.796. The van der Waals surface area contributed by atoms with Crippen molar-refractivity contribution in [1.82, 2.24) is 20.5 Å². The van der Waals surface area contributed by atoms with Crippen LogP contribution in [0.25, 0.3) is 21.8 Å². The van der Waals surface area contributed by atoms with Gasteiger partial charge < -0.3 is 20.4 Å². The number of nitrogens with zero attached hydrogens (tertiary/aromatic N) is 2. The summed E-state index contributed by atoms with van der Waals surface area (Å²) < 4.78 is 44.2. The SMILES string of the molecule is N#Cc1cc(NCCOCCCCNCc2cc3cc(C(F)(F)F)ccc3[nH]2)c2cn[nH]c2c1. The predicted octanol–water partition coefficient (Wildman–Crippen LogP) is 4.93. The lowest BCUT2D eigenvalue weighted by atomic mass is 10.1. The Balaban J connectivity index is 1.10. The van der Waals surface area contributed by atoms with Crippen LogP contribution in [0.5, 0.6) is 0 Å². The smallest absolute Gasteiger partial charge is 0.382 e. The summed E-state index contributed by atoms with van der Waals surface area (Å²) in [7, 11) is 0. The van der Waals surface area contributed by atoms with Crippen molar-refractivity contribution in [1.29, 1.82) is 5.26 Å². The largest absolute Gasteiger partial charge is 0.416 e. The normalized spacial score (nSPS) is 11.8. The first kappa shape index (κ1) is 23.6. The van der Waals surface area contributed by atoms with E-state index in [2.05, 4.69) is 31.9 Å². The fourth-order valence-electron chi connectivity index (χ4n) is 3.76. The van der Waals surface area contributed by atoms with Gasteiger partial charge in [-0.2, -0.15) is 23.5 Å². The first-order valence-electron chi connectivity index (χ1n) is 11.0. The Morgan fingerprint density at radius 2 is 1.91 bits per heavy atom. The number of hydrogen-bond acceptors (Lipinski definition) is 5. The minimum atomic E-state index is -4.34. The van der Waals surface area contributed by atoms with Crippen LogP contribution in [0.2, 0.25) is 0 Å². The highest BCUT2D eigenvalue weighted by Gasteiger charge is 2.30. The van der Waals surface area contributed by atoms with E-state index in [9.17, 15) is 13.2 Å². The number of halogens is 3. The fraction of sp³-hybridized carbons (Fsp3) is 0.333. The van der Waals surface area contributed by atoms with E-state index in [4.69, 9.17) is 10.00 Å². The summed E-state index contributed by atoms with van der Waals surface area (Å²) in [5, 5.41) is 24.1. The molecule has 0 atom stereocenters. The van der Waals surface area contributed by atoms with Crippen molar-refractivity contribution in [3.05, 3.63) is 59.4 Å². The molecule has 10 heteroatoms. The molecule has 0 saturated carbocycles. The minimum Gasteiger partial charge on any atom is -0.382 e. The monoisotopic (exact) mass is 470 g/mol. The third-order valence-electron chi connectivity index (χ3n) is 5.46. The number of fused-ring (bicyclic) bond motifs is 2. The van der Waals surface area contributed by atoms with Gasteiger partial charge in [-0.15, -0.1) is 0 Å². The lowest BCUT2D eigenvalue weighted by molar-refractivity contribution is -0.137. The van der Waals surface area contributed by atoms with E-state index in [1.807, 2.05) is 0 Å². The van der Waals surface area contributed by atoms with Crippen molar-refractivity contribution >= 4 is 27.5 Å². The zero-order chi connectivity index (χ0) is 24.0. The molecule has 4 aromatic rings. The summed E-state index contributed by atoms with van der Waals surface area (Å²) in [6, 6.07) is 11.2. The maximum absolute atomic E-state index is 12.8. The van der Waals surface area contributed by atoms with Crippen molar-refractivity contribution in [2.45, 2.75) is 25.6 Å². The first-order valence-corrected chi connectivity index (χ1v) is 11.0. The van der Waals surface area contributed by atoms with Crippen LogP contribution in [0.15, 0.2) is 42.6 Å². The number of nitriles is 1. The van der Waals surface area contributed by atoms with Crippen molar-refractivity contribution in [2.24, 2.45) is 0 Å². The molecule has 0 aliphatic rings. The van der Waals surface area contributed by atoms with E-state index in [1.54, 1.807) is 24.4 Å². The number of ether oxygens (including phenoxy) is 1. The molecule has 0 aliphatic carbocycles. The van der Waals surface area contributed by atoms with Crippen molar-refractivity contribution in [3.8, 4) is 6.07 Å². The van der Waals surface area contributed by atoms with Crippen molar-refractivity contribution < 1.29 is 17.9 Å². The number of alkyl halides is 3. The van der Waals surface area contributed by atoms with Gasteiger partial charge in [0.05, 0.1) is 35.5 Å². The molecule has 0 unspecified atom stereocenters. The van der Waals surface area contributed by atoms with E-state index < -0.39 is 11.7 Å². The highest BCUT2D eigenvalue weighted by Crippen LogP contribution is 2.31. The second-order valence-corrected chi connectivity index (χ2v) is 7.98. The molecule has 0 bridgehead atoms. The standard InChI is InChI=1S/C24H25F3N6O/c25-24(26,27)18-3-4-21-17(11-18)12-19(32-21)14-29-5-1-2-7-34-8-6-30-22-9-16(13-28)10-23-20(22)15-31-33-23/h3-4,9-12,15,29-30,32H,1-2,5-8,14H2,(H,31,33). The van der Waals surface area contributed by atoms with Gasteiger partial charge in [0, 0.05) is 47.4 Å². The maximum Gasteiger partial charge on any atom is 0.416 e. The molecule has 2 heterocycles. The van der Waals surface area contributed by atoms with E-state index in [-0.39, 0.29) is 0 Å². The minimum absolute atomic E-state index is 0.540. The molecule has 178 valence electrons. The molecule has 2 aromatic carbocycles. The molecule has 34 heavy (non-hydrogen) atoms. The number of H-pyrrole nitrogens is 2. The quantitative estimate of drug-likeness (QED) is 0.233. The van der Waals surface area contributed by atoms with Crippen molar-refractivity contribution in [3.63, 3.8) is 0 Å². The van der Waals surface area contributed by atoms with Gasteiger partial charge in [0.1, 0.15) is 0 Å². The molecular formula is C24H25F3N6O. The fourth-order valence-corrected chi connectivity index (χ4v) is 3.76. The predicted molar refractivity (Wildman–Crippen MR) is 124 cm³/mol. The van der Waals surface area contributed by atoms with Gasteiger partial charge in [-0.05, 0) is 55.8 Å². The lowest BCUT2D eigenvalue weighted by Crippen LogP contribution is -2.16. The summed E-state index contributed by atoms with van der Waals surface area (Å²) in [6.45, 7) is 3.13. The number of anilines is 1. The Kier molecular flexibility index (Phi) is 7.35. The van der Waals surface area contributed by atoms with Crippen LogP contribution in [0.3, 0.4) is 0 Å². The third-order valence-corrected chi connectivity index (χ3v) is 5.46. The van der Waals surface area contributed by atoms with Crippen LogP contribution >= 0.6 is 0 Å². The van der Waals surface area contributed by atoms with Crippen LogP contribution < -0.4 is 10.6 Å². The van der Waals surface area contributed by atoms with E-state index in [0.29, 0.717) is 42.8 Å². The Hall–Kier alpha value is -3.55. The molecule has 4 rings (SSSR count). The Morgan fingerprint density at radius 1 is 1.03 bits per heavy atom. The molecule has 0 aliphatic heterocycles. The van der Waals surface area contributed by atoms with Gasteiger partial charge in [-0.25, -0.2) is 0 Å². The summed E-state index contributed by atoms with van der Waals surface area (Å²) >= 11 is 0. The molecule has 2 aromatic heterocycles. The molecule has 0 radical (unpaired) electrons. The lowest BCUT2D eigenvalue weighted by Gasteiger charge is -2.09. The summed E-state index contributed by atoms with van der Waals surface area (Å²) in [4.78, 5) is 3.14. The number of rotatable bonds is 11.